The second-order valence-corrected chi connectivity index (χ2v) is 3.97. The summed E-state index contributed by atoms with van der Waals surface area (Å²) in [6.45, 7) is 1.92. The van der Waals surface area contributed by atoms with E-state index < -0.39 is 6.17 Å². The van der Waals surface area contributed by atoms with E-state index in [0.29, 0.717) is 6.42 Å². The third-order valence-electron chi connectivity index (χ3n) is 2.83. The summed E-state index contributed by atoms with van der Waals surface area (Å²) in [7, 11) is 1.50. The molecule has 3 rings (SSSR count). The lowest BCUT2D eigenvalue weighted by Crippen LogP contribution is -1.82. The van der Waals surface area contributed by atoms with Gasteiger partial charge < -0.3 is 10.2 Å². The Morgan fingerprint density at radius 3 is 2.69 bits per heavy atom. The number of rotatable bonds is 1. The van der Waals surface area contributed by atoms with Crippen LogP contribution in [0.3, 0.4) is 0 Å². The molecule has 0 saturated heterocycles. The molecule has 0 radical (unpaired) electrons. The maximum Gasteiger partial charge on any atom is 0.134 e. The van der Waals surface area contributed by atoms with E-state index in [1.54, 1.807) is 0 Å². The van der Waals surface area contributed by atoms with Crippen LogP contribution in [0.15, 0.2) is 28.7 Å². The summed E-state index contributed by atoms with van der Waals surface area (Å²) >= 11 is 0. The molecule has 3 heteroatoms. The van der Waals surface area contributed by atoms with Gasteiger partial charge in [-0.15, -0.1) is 0 Å². The molecular formula is C13H16FNO. The highest BCUT2D eigenvalue weighted by atomic mass is 19.1. The largest absolute Gasteiger partial charge is 0.461 e. The van der Waals surface area contributed by atoms with E-state index in [0.717, 1.165) is 22.3 Å². The van der Waals surface area contributed by atoms with E-state index >= 15 is 0 Å². The van der Waals surface area contributed by atoms with Crippen molar-refractivity contribution < 1.29 is 8.81 Å². The van der Waals surface area contributed by atoms with E-state index in [1.807, 2.05) is 31.2 Å². The number of alkyl halides is 1. The first-order chi connectivity index (χ1) is 7.75. The highest BCUT2D eigenvalue weighted by Crippen LogP contribution is 2.46. The van der Waals surface area contributed by atoms with E-state index in [-0.39, 0.29) is 5.92 Å². The van der Waals surface area contributed by atoms with Crippen LogP contribution in [0.2, 0.25) is 0 Å². The van der Waals surface area contributed by atoms with Crippen LogP contribution >= 0.6 is 0 Å². The molecule has 1 fully saturated rings. The highest BCUT2D eigenvalue weighted by molar-refractivity contribution is 5.82. The van der Waals surface area contributed by atoms with E-state index in [2.05, 4.69) is 5.73 Å². The Labute approximate surface area is 94.2 Å². The molecule has 1 aliphatic carbocycles. The second-order valence-electron chi connectivity index (χ2n) is 3.97. The fraction of sp³-hybridized carbons (Fsp3) is 0.385. The Balaban J connectivity index is 0.000000457. The van der Waals surface area contributed by atoms with E-state index in [4.69, 9.17) is 4.42 Å². The smallest absolute Gasteiger partial charge is 0.134 e. The van der Waals surface area contributed by atoms with E-state index in [9.17, 15) is 4.39 Å². The number of nitrogens with two attached hydrogens (primary N) is 1. The van der Waals surface area contributed by atoms with Gasteiger partial charge in [-0.2, -0.15) is 0 Å². The lowest BCUT2D eigenvalue weighted by molar-refractivity contribution is 0.469. The molecular weight excluding hydrogens is 205 g/mol. The maximum absolute atomic E-state index is 13.0. The van der Waals surface area contributed by atoms with Gasteiger partial charge in [0.1, 0.15) is 17.5 Å². The van der Waals surface area contributed by atoms with Crippen molar-refractivity contribution >= 4 is 11.0 Å². The zero-order chi connectivity index (χ0) is 11.7. The fourth-order valence-electron chi connectivity index (χ4n) is 2.02. The average Bonchev–Trinajstić information content (AvgIpc) is 2.88. The molecule has 2 nitrogen and oxygen atoms in total. The minimum atomic E-state index is -0.643. The number of hydrogen-bond donors (Lipinski definition) is 1. The molecule has 0 bridgehead atoms. The number of hydrogen-bond acceptors (Lipinski definition) is 2. The van der Waals surface area contributed by atoms with Gasteiger partial charge in [0.25, 0.3) is 0 Å². The van der Waals surface area contributed by atoms with Crippen molar-refractivity contribution in [3.63, 3.8) is 0 Å². The number of furan rings is 1. The van der Waals surface area contributed by atoms with Gasteiger partial charge in [-0.05, 0) is 38.1 Å². The topological polar surface area (TPSA) is 39.2 Å². The second kappa shape index (κ2) is 4.26. The quantitative estimate of drug-likeness (QED) is 0.803. The molecule has 16 heavy (non-hydrogen) atoms. The van der Waals surface area contributed by atoms with Gasteiger partial charge in [0, 0.05) is 11.3 Å². The standard InChI is InChI=1S/C12H11FO.CH5N/c1-7-5-10-8(9-6-11(9)13)3-2-4-12(10)14-7;1-2/h2-5,9,11H,6H2,1H3;2H2,1H3. The number of fused-ring (bicyclic) bond motifs is 1. The molecule has 2 atom stereocenters. The first-order valence-corrected chi connectivity index (χ1v) is 5.46. The van der Waals surface area contributed by atoms with Crippen molar-refractivity contribution in [1.82, 2.24) is 0 Å². The lowest BCUT2D eigenvalue weighted by atomic mass is 10.1. The molecule has 1 aromatic carbocycles. The molecule has 2 N–H and O–H groups in total. The predicted molar refractivity (Wildman–Crippen MR) is 63.3 cm³/mol. The molecule has 1 saturated carbocycles. The predicted octanol–water partition coefficient (Wildman–Crippen LogP) is 3.14. The monoisotopic (exact) mass is 221 g/mol. The highest BCUT2D eigenvalue weighted by Gasteiger charge is 2.39. The van der Waals surface area contributed by atoms with Crippen LogP contribution < -0.4 is 5.73 Å². The summed E-state index contributed by atoms with van der Waals surface area (Å²) in [6, 6.07) is 7.87. The van der Waals surface area contributed by atoms with Gasteiger partial charge in [-0.3, -0.25) is 0 Å². The van der Waals surface area contributed by atoms with Crippen LogP contribution in [0.1, 0.15) is 23.7 Å². The van der Waals surface area contributed by atoms with Crippen molar-refractivity contribution in [2.24, 2.45) is 5.73 Å². The van der Waals surface area contributed by atoms with Crippen molar-refractivity contribution in [3.05, 3.63) is 35.6 Å². The zero-order valence-corrected chi connectivity index (χ0v) is 9.53. The first kappa shape index (κ1) is 11.1. The van der Waals surface area contributed by atoms with Crippen molar-refractivity contribution in [2.45, 2.75) is 25.4 Å². The third kappa shape index (κ3) is 1.83. The minimum absolute atomic E-state index is 0.107. The summed E-state index contributed by atoms with van der Waals surface area (Å²) in [4.78, 5) is 0. The third-order valence-corrected chi connectivity index (χ3v) is 2.83. The van der Waals surface area contributed by atoms with Crippen molar-refractivity contribution in [3.8, 4) is 0 Å². The molecule has 0 aliphatic heterocycles. The average molecular weight is 221 g/mol. The Hall–Kier alpha value is -1.35. The van der Waals surface area contributed by atoms with Gasteiger partial charge in [0.05, 0.1) is 0 Å². The first-order valence-electron chi connectivity index (χ1n) is 5.46. The van der Waals surface area contributed by atoms with E-state index in [1.165, 1.54) is 7.05 Å². The summed E-state index contributed by atoms with van der Waals surface area (Å²) in [5, 5.41) is 1.08. The van der Waals surface area contributed by atoms with Crippen LogP contribution in [0.4, 0.5) is 4.39 Å². The molecule has 1 heterocycles. The molecule has 0 spiro atoms. The van der Waals surface area contributed by atoms with Gasteiger partial charge in [-0.1, -0.05) is 12.1 Å². The SMILES string of the molecule is CN.Cc1cc2c(C3CC3F)cccc2o1. The summed E-state index contributed by atoms with van der Waals surface area (Å²) in [5.74, 6) is 0.999. The Kier molecular flexibility index (Phi) is 2.97. The number of benzene rings is 1. The minimum Gasteiger partial charge on any atom is -0.461 e. The Morgan fingerprint density at radius 1 is 1.38 bits per heavy atom. The van der Waals surface area contributed by atoms with Crippen LogP contribution in [0, 0.1) is 6.92 Å². The number of aryl methyl sites for hydroxylation is 1. The Morgan fingerprint density at radius 2 is 2.06 bits per heavy atom. The zero-order valence-electron chi connectivity index (χ0n) is 9.53. The molecule has 1 aliphatic rings. The molecule has 0 amide bonds. The maximum atomic E-state index is 13.0. The van der Waals surface area contributed by atoms with Crippen LogP contribution in [0.5, 0.6) is 0 Å². The normalized spacial score (nSPS) is 22.8. The summed E-state index contributed by atoms with van der Waals surface area (Å²) in [5.41, 5.74) is 6.48. The molecule has 2 aromatic rings. The summed E-state index contributed by atoms with van der Waals surface area (Å²) < 4.78 is 18.5. The molecule has 86 valence electrons. The van der Waals surface area contributed by atoms with Crippen LogP contribution in [-0.2, 0) is 0 Å². The van der Waals surface area contributed by atoms with Crippen molar-refractivity contribution in [2.75, 3.05) is 7.05 Å². The fourth-order valence-corrected chi connectivity index (χ4v) is 2.02. The van der Waals surface area contributed by atoms with Crippen molar-refractivity contribution in [1.29, 1.82) is 0 Å². The van der Waals surface area contributed by atoms with Crippen LogP contribution in [-0.4, -0.2) is 13.2 Å². The molecule has 1 aromatic heterocycles. The molecule has 2 unspecified atom stereocenters. The Bertz CT molecular complexity index is 492. The van der Waals surface area contributed by atoms with Gasteiger partial charge in [0.15, 0.2) is 0 Å². The number of halogens is 1. The summed E-state index contributed by atoms with van der Waals surface area (Å²) in [6.07, 6.45) is 0.0272. The lowest BCUT2D eigenvalue weighted by Gasteiger charge is -1.98. The van der Waals surface area contributed by atoms with Gasteiger partial charge in [-0.25, -0.2) is 4.39 Å². The van der Waals surface area contributed by atoms with Gasteiger partial charge >= 0.3 is 0 Å². The van der Waals surface area contributed by atoms with Crippen LogP contribution in [0.25, 0.3) is 11.0 Å². The van der Waals surface area contributed by atoms with Gasteiger partial charge in [0.2, 0.25) is 0 Å².